The number of fused-ring (bicyclic) bond motifs is 5. The first-order valence-corrected chi connectivity index (χ1v) is 8.99. The lowest BCUT2D eigenvalue weighted by molar-refractivity contribution is 0.0949. The quantitative estimate of drug-likeness (QED) is 0.640. The van der Waals surface area contributed by atoms with E-state index in [0.717, 1.165) is 22.4 Å². The Bertz CT molecular complexity index is 1100. The standard InChI is InChI=1S/C23H18N2O2/c1-14-11-15(2)13-16(12-14)24-21-17-7-3-4-8-18(17)22(26)25(21)20-10-6-5-9-19(20)23(24)27/h3-13,21H,1-2H3/t21-/m0/s1. The van der Waals surface area contributed by atoms with Crippen LogP contribution in [0.2, 0.25) is 0 Å². The third-order valence-electron chi connectivity index (χ3n) is 5.27. The van der Waals surface area contributed by atoms with E-state index in [2.05, 4.69) is 6.07 Å². The van der Waals surface area contributed by atoms with Crippen LogP contribution in [0, 0.1) is 13.8 Å². The van der Waals surface area contributed by atoms with Crippen LogP contribution in [0.5, 0.6) is 0 Å². The predicted molar refractivity (Wildman–Crippen MR) is 105 cm³/mol. The summed E-state index contributed by atoms with van der Waals surface area (Å²) in [7, 11) is 0. The molecule has 0 saturated heterocycles. The third kappa shape index (κ3) is 2.16. The van der Waals surface area contributed by atoms with E-state index in [1.54, 1.807) is 15.9 Å². The molecule has 2 amide bonds. The largest absolute Gasteiger partial charge is 0.282 e. The molecule has 0 aromatic heterocycles. The van der Waals surface area contributed by atoms with Crippen LogP contribution in [0.4, 0.5) is 11.4 Å². The van der Waals surface area contributed by atoms with Crippen LogP contribution in [0.3, 0.4) is 0 Å². The fourth-order valence-electron chi connectivity index (χ4n) is 4.25. The zero-order valence-electron chi connectivity index (χ0n) is 15.1. The maximum atomic E-state index is 13.5. The third-order valence-corrected chi connectivity index (χ3v) is 5.27. The van der Waals surface area contributed by atoms with Crippen molar-refractivity contribution in [2.75, 3.05) is 9.80 Å². The second-order valence-corrected chi connectivity index (χ2v) is 7.17. The van der Waals surface area contributed by atoms with Crippen molar-refractivity contribution in [2.45, 2.75) is 20.0 Å². The molecule has 4 heteroatoms. The van der Waals surface area contributed by atoms with Crippen LogP contribution >= 0.6 is 0 Å². The van der Waals surface area contributed by atoms with E-state index >= 15 is 0 Å². The van der Waals surface area contributed by atoms with Gasteiger partial charge in [0.25, 0.3) is 11.8 Å². The van der Waals surface area contributed by atoms with Crippen LogP contribution in [0.25, 0.3) is 0 Å². The molecule has 1 atom stereocenters. The van der Waals surface area contributed by atoms with Gasteiger partial charge in [-0.1, -0.05) is 36.4 Å². The minimum atomic E-state index is -0.461. The monoisotopic (exact) mass is 354 g/mol. The lowest BCUT2D eigenvalue weighted by Crippen LogP contribution is -2.48. The molecule has 0 saturated carbocycles. The van der Waals surface area contributed by atoms with Gasteiger partial charge in [-0.05, 0) is 55.3 Å². The summed E-state index contributed by atoms with van der Waals surface area (Å²) in [6, 6.07) is 21.0. The molecule has 3 aromatic rings. The van der Waals surface area contributed by atoms with E-state index in [1.807, 2.05) is 68.4 Å². The smallest absolute Gasteiger partial charge is 0.262 e. The number of benzene rings is 3. The molecule has 0 fully saturated rings. The summed E-state index contributed by atoms with van der Waals surface area (Å²) in [5, 5.41) is 0. The van der Waals surface area contributed by atoms with Gasteiger partial charge in [0.2, 0.25) is 0 Å². The predicted octanol–water partition coefficient (Wildman–Crippen LogP) is 4.62. The highest BCUT2D eigenvalue weighted by molar-refractivity contribution is 6.21. The molecular weight excluding hydrogens is 336 g/mol. The molecule has 3 aromatic carbocycles. The highest BCUT2D eigenvalue weighted by atomic mass is 16.2. The molecule has 27 heavy (non-hydrogen) atoms. The molecule has 0 aliphatic carbocycles. The van der Waals surface area contributed by atoms with Crippen LogP contribution < -0.4 is 9.80 Å². The summed E-state index contributed by atoms with van der Waals surface area (Å²) >= 11 is 0. The van der Waals surface area contributed by atoms with E-state index < -0.39 is 6.17 Å². The summed E-state index contributed by atoms with van der Waals surface area (Å²) < 4.78 is 0. The zero-order chi connectivity index (χ0) is 18.7. The number of carbonyl (C=O) groups excluding carboxylic acids is 2. The van der Waals surface area contributed by atoms with Gasteiger partial charge in [-0.2, -0.15) is 0 Å². The summed E-state index contributed by atoms with van der Waals surface area (Å²) in [6.45, 7) is 4.04. The van der Waals surface area contributed by atoms with Crippen molar-refractivity contribution < 1.29 is 9.59 Å². The summed E-state index contributed by atoms with van der Waals surface area (Å²) in [5.41, 5.74) is 5.72. The molecule has 0 spiro atoms. The Morgan fingerprint density at radius 2 is 1.30 bits per heavy atom. The van der Waals surface area contributed by atoms with E-state index in [0.29, 0.717) is 16.8 Å². The summed E-state index contributed by atoms with van der Waals surface area (Å²) in [5.74, 6) is -0.147. The van der Waals surface area contributed by atoms with Gasteiger partial charge in [0.05, 0.1) is 11.3 Å². The Balaban J connectivity index is 1.81. The molecule has 0 N–H and O–H groups in total. The number of anilines is 2. The number of rotatable bonds is 1. The number of aryl methyl sites for hydroxylation is 2. The Kier molecular flexibility index (Phi) is 3.25. The molecule has 0 radical (unpaired) electrons. The molecule has 2 aliphatic heterocycles. The van der Waals surface area contributed by atoms with E-state index in [9.17, 15) is 9.59 Å². The Morgan fingerprint density at radius 3 is 2.04 bits per heavy atom. The normalized spacial score (nSPS) is 17.6. The maximum Gasteiger partial charge on any atom is 0.262 e. The molecule has 5 rings (SSSR count). The van der Waals surface area contributed by atoms with Gasteiger partial charge in [-0.15, -0.1) is 0 Å². The SMILES string of the molecule is Cc1cc(C)cc(N2C(=O)c3ccccc3N3C(=O)c4ccccc4[C@@H]23)c1. The van der Waals surface area contributed by atoms with Gasteiger partial charge in [-0.25, -0.2) is 0 Å². The van der Waals surface area contributed by atoms with Crippen LogP contribution in [0.15, 0.2) is 66.7 Å². The van der Waals surface area contributed by atoms with Crippen LogP contribution in [-0.2, 0) is 0 Å². The molecule has 132 valence electrons. The first-order valence-electron chi connectivity index (χ1n) is 8.99. The average Bonchev–Trinajstić information content (AvgIpc) is 2.95. The highest BCUT2D eigenvalue weighted by Gasteiger charge is 2.48. The molecule has 4 nitrogen and oxygen atoms in total. The molecule has 2 heterocycles. The van der Waals surface area contributed by atoms with Crippen molar-refractivity contribution in [1.29, 1.82) is 0 Å². The second-order valence-electron chi connectivity index (χ2n) is 7.17. The van der Waals surface area contributed by atoms with Gasteiger partial charge < -0.3 is 0 Å². The Labute approximate surface area is 157 Å². The number of carbonyl (C=O) groups is 2. The van der Waals surface area contributed by atoms with Crippen molar-refractivity contribution >= 4 is 23.2 Å². The molecule has 0 unspecified atom stereocenters. The minimum Gasteiger partial charge on any atom is -0.282 e. The first-order chi connectivity index (χ1) is 13.1. The highest BCUT2D eigenvalue weighted by Crippen LogP contribution is 2.47. The van der Waals surface area contributed by atoms with E-state index in [1.165, 1.54) is 0 Å². The van der Waals surface area contributed by atoms with Gasteiger partial charge in [0, 0.05) is 16.8 Å². The van der Waals surface area contributed by atoms with E-state index in [-0.39, 0.29) is 11.8 Å². The second kappa shape index (κ2) is 5.55. The number of amides is 2. The number of hydrogen-bond donors (Lipinski definition) is 0. The maximum absolute atomic E-state index is 13.5. The topological polar surface area (TPSA) is 40.6 Å². The van der Waals surface area contributed by atoms with Gasteiger partial charge >= 0.3 is 0 Å². The minimum absolute atomic E-state index is 0.0649. The van der Waals surface area contributed by atoms with Gasteiger partial charge in [0.1, 0.15) is 6.17 Å². The Morgan fingerprint density at radius 1 is 0.704 bits per heavy atom. The van der Waals surface area contributed by atoms with Crippen molar-refractivity contribution in [3.05, 3.63) is 94.5 Å². The van der Waals surface area contributed by atoms with Gasteiger partial charge in [0.15, 0.2) is 0 Å². The molecule has 0 bridgehead atoms. The fraction of sp³-hybridized carbons (Fsp3) is 0.130. The van der Waals surface area contributed by atoms with Crippen molar-refractivity contribution in [3.8, 4) is 0 Å². The summed E-state index contributed by atoms with van der Waals surface area (Å²) in [4.78, 5) is 30.2. The van der Waals surface area contributed by atoms with Crippen LogP contribution in [0.1, 0.15) is 43.6 Å². The molecular formula is C23H18N2O2. The fourth-order valence-corrected chi connectivity index (χ4v) is 4.25. The van der Waals surface area contributed by atoms with Crippen molar-refractivity contribution in [3.63, 3.8) is 0 Å². The number of para-hydroxylation sites is 1. The van der Waals surface area contributed by atoms with E-state index in [4.69, 9.17) is 0 Å². The Hall–Kier alpha value is -3.40. The zero-order valence-corrected chi connectivity index (χ0v) is 15.1. The lowest BCUT2D eigenvalue weighted by Gasteiger charge is -2.41. The van der Waals surface area contributed by atoms with Crippen molar-refractivity contribution in [1.82, 2.24) is 0 Å². The summed E-state index contributed by atoms with van der Waals surface area (Å²) in [6.07, 6.45) is -0.461. The number of nitrogens with zero attached hydrogens (tertiary/aromatic N) is 2. The lowest BCUT2D eigenvalue weighted by atomic mass is 10.0. The van der Waals surface area contributed by atoms with Crippen LogP contribution in [-0.4, -0.2) is 11.8 Å². The molecule has 2 aliphatic rings. The first kappa shape index (κ1) is 15.8. The number of hydrogen-bond acceptors (Lipinski definition) is 2. The van der Waals surface area contributed by atoms with Crippen molar-refractivity contribution in [2.24, 2.45) is 0 Å². The average molecular weight is 354 g/mol. The van der Waals surface area contributed by atoms with Gasteiger partial charge in [-0.3, -0.25) is 19.4 Å².